The Balaban J connectivity index is 1.44. The highest BCUT2D eigenvalue weighted by molar-refractivity contribution is 5.32. The van der Waals surface area contributed by atoms with Crippen molar-refractivity contribution < 1.29 is 9.50 Å². The SMILES string of the molecule is OCC[C@H]1CN(Cc2cccn2-c2cccnc2)CCN1Cc1ccccc1F. The second kappa shape index (κ2) is 9.31. The number of hydrogen-bond donors (Lipinski definition) is 1. The molecule has 0 aliphatic carbocycles. The molecule has 0 unspecified atom stereocenters. The number of nitrogens with zero attached hydrogens (tertiary/aromatic N) is 4. The maximum Gasteiger partial charge on any atom is 0.127 e. The lowest BCUT2D eigenvalue weighted by molar-refractivity contribution is 0.0485. The summed E-state index contributed by atoms with van der Waals surface area (Å²) in [6.07, 6.45) is 6.39. The molecule has 1 fully saturated rings. The number of aliphatic hydroxyl groups excluding tert-OH is 1. The van der Waals surface area contributed by atoms with Crippen molar-refractivity contribution in [3.8, 4) is 5.69 Å². The van der Waals surface area contributed by atoms with Crippen molar-refractivity contribution >= 4 is 0 Å². The smallest absolute Gasteiger partial charge is 0.127 e. The summed E-state index contributed by atoms with van der Waals surface area (Å²) in [6.45, 7) is 4.17. The normalized spacial score (nSPS) is 18.2. The predicted molar refractivity (Wildman–Crippen MR) is 111 cm³/mol. The van der Waals surface area contributed by atoms with E-state index in [0.717, 1.165) is 31.9 Å². The monoisotopic (exact) mass is 394 g/mol. The first-order valence-corrected chi connectivity index (χ1v) is 10.1. The molecule has 0 amide bonds. The second-order valence-electron chi connectivity index (χ2n) is 7.54. The van der Waals surface area contributed by atoms with Gasteiger partial charge in [0.1, 0.15) is 5.82 Å². The molecule has 29 heavy (non-hydrogen) atoms. The molecule has 1 atom stereocenters. The van der Waals surface area contributed by atoms with Crippen molar-refractivity contribution in [1.82, 2.24) is 19.4 Å². The number of pyridine rings is 1. The fourth-order valence-corrected chi connectivity index (χ4v) is 4.10. The highest BCUT2D eigenvalue weighted by atomic mass is 19.1. The van der Waals surface area contributed by atoms with E-state index in [9.17, 15) is 9.50 Å². The van der Waals surface area contributed by atoms with Crippen LogP contribution in [0.15, 0.2) is 67.1 Å². The Labute approximate surface area is 171 Å². The lowest BCUT2D eigenvalue weighted by Gasteiger charge is -2.41. The molecule has 1 saturated heterocycles. The average molecular weight is 394 g/mol. The van der Waals surface area contributed by atoms with Crippen molar-refractivity contribution in [3.63, 3.8) is 0 Å². The number of aliphatic hydroxyl groups is 1. The van der Waals surface area contributed by atoms with Crippen LogP contribution >= 0.6 is 0 Å². The molecule has 1 aliphatic heterocycles. The molecule has 1 aliphatic rings. The molecule has 4 rings (SSSR count). The Morgan fingerprint density at radius 1 is 1.03 bits per heavy atom. The third-order valence-electron chi connectivity index (χ3n) is 5.63. The number of piperazine rings is 1. The zero-order valence-electron chi connectivity index (χ0n) is 16.5. The van der Waals surface area contributed by atoms with Crippen LogP contribution in [0.25, 0.3) is 5.69 Å². The predicted octanol–water partition coefficient (Wildman–Crippen LogP) is 3.08. The fraction of sp³-hybridized carbons (Fsp3) is 0.348. The van der Waals surface area contributed by atoms with E-state index in [4.69, 9.17) is 0 Å². The van der Waals surface area contributed by atoms with Crippen molar-refractivity contribution in [1.29, 1.82) is 0 Å². The van der Waals surface area contributed by atoms with E-state index in [1.54, 1.807) is 12.3 Å². The van der Waals surface area contributed by atoms with Gasteiger partial charge in [-0.1, -0.05) is 18.2 Å². The minimum absolute atomic E-state index is 0.137. The number of halogens is 1. The van der Waals surface area contributed by atoms with E-state index in [0.29, 0.717) is 18.5 Å². The molecule has 5 nitrogen and oxygen atoms in total. The van der Waals surface area contributed by atoms with Crippen LogP contribution in [0.3, 0.4) is 0 Å². The molecule has 3 heterocycles. The molecular weight excluding hydrogens is 367 g/mol. The van der Waals surface area contributed by atoms with Crippen LogP contribution in [-0.4, -0.2) is 56.7 Å². The zero-order chi connectivity index (χ0) is 20.1. The zero-order valence-corrected chi connectivity index (χ0v) is 16.5. The molecule has 1 aromatic carbocycles. The van der Waals surface area contributed by atoms with Crippen LogP contribution in [0.1, 0.15) is 17.7 Å². The molecule has 2 aromatic heterocycles. The first-order chi connectivity index (χ1) is 14.2. The summed E-state index contributed by atoms with van der Waals surface area (Å²) in [5.74, 6) is -0.160. The number of aromatic nitrogens is 2. The van der Waals surface area contributed by atoms with Crippen LogP contribution in [-0.2, 0) is 13.1 Å². The molecule has 0 spiro atoms. The number of hydrogen-bond acceptors (Lipinski definition) is 4. The average Bonchev–Trinajstić information content (AvgIpc) is 3.20. The van der Waals surface area contributed by atoms with Crippen LogP contribution in [0, 0.1) is 5.82 Å². The first-order valence-electron chi connectivity index (χ1n) is 10.1. The maximum atomic E-state index is 14.1. The van der Waals surface area contributed by atoms with Gasteiger partial charge in [-0.3, -0.25) is 14.8 Å². The molecule has 0 saturated carbocycles. The third-order valence-corrected chi connectivity index (χ3v) is 5.63. The molecule has 152 valence electrons. The molecule has 0 bridgehead atoms. The lowest BCUT2D eigenvalue weighted by atomic mass is 10.1. The van der Waals surface area contributed by atoms with Gasteiger partial charge in [-0.05, 0) is 36.8 Å². The Bertz CT molecular complexity index is 914. The summed E-state index contributed by atoms with van der Waals surface area (Å²) in [6, 6.07) is 15.4. The van der Waals surface area contributed by atoms with Crippen LogP contribution in [0.2, 0.25) is 0 Å². The van der Waals surface area contributed by atoms with Gasteiger partial charge in [-0.25, -0.2) is 4.39 Å². The number of benzene rings is 1. The Morgan fingerprint density at radius 3 is 2.72 bits per heavy atom. The van der Waals surface area contributed by atoms with Gasteiger partial charge < -0.3 is 9.67 Å². The van der Waals surface area contributed by atoms with E-state index in [-0.39, 0.29) is 18.5 Å². The van der Waals surface area contributed by atoms with Gasteiger partial charge in [0.25, 0.3) is 0 Å². The molecule has 3 aromatic rings. The molecule has 6 heteroatoms. The van der Waals surface area contributed by atoms with E-state index < -0.39 is 0 Å². The standard InChI is InChI=1S/C23H27FN4O/c24-23-8-2-1-5-19(23)16-27-13-12-26(17-21(27)9-14-29)18-22-7-4-11-28(22)20-6-3-10-25-15-20/h1-8,10-11,15,21,29H,9,12-14,16-18H2/t21-/m0/s1. The summed E-state index contributed by atoms with van der Waals surface area (Å²) in [5.41, 5.74) is 2.98. The van der Waals surface area contributed by atoms with Gasteiger partial charge >= 0.3 is 0 Å². The lowest BCUT2D eigenvalue weighted by Crippen LogP contribution is -2.52. The van der Waals surface area contributed by atoms with Gasteiger partial charge in [0, 0.05) is 69.0 Å². The van der Waals surface area contributed by atoms with Gasteiger partial charge in [0.05, 0.1) is 11.9 Å². The van der Waals surface area contributed by atoms with Crippen molar-refractivity contribution in [2.24, 2.45) is 0 Å². The van der Waals surface area contributed by atoms with E-state index in [2.05, 4.69) is 43.7 Å². The summed E-state index contributed by atoms with van der Waals surface area (Å²) in [4.78, 5) is 8.94. The minimum atomic E-state index is -0.160. The van der Waals surface area contributed by atoms with E-state index in [1.165, 1.54) is 11.8 Å². The summed E-state index contributed by atoms with van der Waals surface area (Å²) in [5, 5.41) is 9.56. The Morgan fingerprint density at radius 2 is 1.93 bits per heavy atom. The second-order valence-corrected chi connectivity index (χ2v) is 7.54. The van der Waals surface area contributed by atoms with Gasteiger partial charge in [-0.15, -0.1) is 0 Å². The highest BCUT2D eigenvalue weighted by Crippen LogP contribution is 2.21. The van der Waals surface area contributed by atoms with Crippen molar-refractivity contribution in [2.45, 2.75) is 25.6 Å². The van der Waals surface area contributed by atoms with Crippen molar-refractivity contribution in [3.05, 3.63) is 84.2 Å². The van der Waals surface area contributed by atoms with E-state index in [1.807, 2.05) is 24.4 Å². The minimum Gasteiger partial charge on any atom is -0.396 e. The Kier molecular flexibility index (Phi) is 6.34. The van der Waals surface area contributed by atoms with Crippen molar-refractivity contribution in [2.75, 3.05) is 26.2 Å². The topological polar surface area (TPSA) is 44.5 Å². The quantitative estimate of drug-likeness (QED) is 0.669. The molecular formula is C23H27FN4O. The molecule has 0 radical (unpaired) electrons. The summed E-state index contributed by atoms with van der Waals surface area (Å²) in [7, 11) is 0. The highest BCUT2D eigenvalue weighted by Gasteiger charge is 2.27. The summed E-state index contributed by atoms with van der Waals surface area (Å²) < 4.78 is 16.3. The van der Waals surface area contributed by atoms with Crippen LogP contribution in [0.5, 0.6) is 0 Å². The fourth-order valence-electron chi connectivity index (χ4n) is 4.10. The van der Waals surface area contributed by atoms with Gasteiger partial charge in [-0.2, -0.15) is 0 Å². The van der Waals surface area contributed by atoms with Crippen LogP contribution in [0.4, 0.5) is 4.39 Å². The Hall–Kier alpha value is -2.54. The van der Waals surface area contributed by atoms with Gasteiger partial charge in [0.15, 0.2) is 0 Å². The third kappa shape index (κ3) is 4.72. The largest absolute Gasteiger partial charge is 0.396 e. The van der Waals surface area contributed by atoms with Gasteiger partial charge in [0.2, 0.25) is 0 Å². The van der Waals surface area contributed by atoms with E-state index >= 15 is 0 Å². The van der Waals surface area contributed by atoms with Crippen LogP contribution < -0.4 is 0 Å². The maximum absolute atomic E-state index is 14.1. The molecule has 1 N–H and O–H groups in total. The summed E-state index contributed by atoms with van der Waals surface area (Å²) >= 11 is 0. The number of rotatable bonds is 7. The first kappa shape index (κ1) is 19.8.